The molecule has 0 aliphatic carbocycles. The summed E-state index contributed by atoms with van der Waals surface area (Å²) in [6.45, 7) is 3.38. The fraction of sp³-hybridized carbons (Fsp3) is 0.231. The van der Waals surface area contributed by atoms with Crippen molar-refractivity contribution in [2.24, 2.45) is 0 Å². The Hall–Kier alpha value is -2.83. The van der Waals surface area contributed by atoms with Gasteiger partial charge in [0.25, 0.3) is 5.91 Å². The zero-order chi connectivity index (χ0) is 23.2. The second-order valence-electron chi connectivity index (χ2n) is 7.83. The molecule has 4 aromatic rings. The molecule has 0 radical (unpaired) electrons. The number of hydrogen-bond donors (Lipinski definition) is 1. The molecular weight excluding hydrogens is 502 g/mol. The molecule has 1 atom stereocenters. The lowest BCUT2D eigenvalue weighted by atomic mass is 10.2. The number of ether oxygens (including phenoxy) is 1. The highest BCUT2D eigenvalue weighted by molar-refractivity contribution is 9.10. The largest absolute Gasteiger partial charge is 0.494 e. The van der Waals surface area contributed by atoms with E-state index in [1.54, 1.807) is 6.07 Å². The van der Waals surface area contributed by atoms with Crippen LogP contribution in [0.3, 0.4) is 0 Å². The van der Waals surface area contributed by atoms with E-state index in [1.165, 1.54) is 0 Å². The van der Waals surface area contributed by atoms with Crippen molar-refractivity contribution in [1.82, 2.24) is 14.9 Å². The minimum Gasteiger partial charge on any atom is -0.494 e. The predicted octanol–water partition coefficient (Wildman–Crippen LogP) is 6.80. The summed E-state index contributed by atoms with van der Waals surface area (Å²) in [6.07, 6.45) is 1.82. The van der Waals surface area contributed by atoms with Crippen LogP contribution in [0.5, 0.6) is 5.75 Å². The van der Waals surface area contributed by atoms with E-state index in [9.17, 15) is 4.79 Å². The number of benzene rings is 3. The summed E-state index contributed by atoms with van der Waals surface area (Å²) >= 11 is 9.34. The van der Waals surface area contributed by atoms with E-state index in [1.807, 2.05) is 67.6 Å². The van der Waals surface area contributed by atoms with Gasteiger partial charge in [-0.3, -0.25) is 4.79 Å². The number of rotatable bonds is 9. The number of imidazole rings is 1. The Morgan fingerprint density at radius 1 is 1.09 bits per heavy atom. The van der Waals surface area contributed by atoms with E-state index in [4.69, 9.17) is 21.3 Å². The third kappa shape index (κ3) is 5.95. The average Bonchev–Trinajstić information content (AvgIpc) is 3.19. The summed E-state index contributed by atoms with van der Waals surface area (Å²) in [6, 6.07) is 22.6. The lowest BCUT2D eigenvalue weighted by molar-refractivity contribution is 0.0937. The molecule has 1 N–H and O–H groups in total. The Morgan fingerprint density at radius 3 is 2.67 bits per heavy atom. The van der Waals surface area contributed by atoms with Crippen LogP contribution in [0, 0.1) is 0 Å². The van der Waals surface area contributed by atoms with Crippen molar-refractivity contribution >= 4 is 44.5 Å². The maximum atomic E-state index is 12.8. The quantitative estimate of drug-likeness (QED) is 0.244. The van der Waals surface area contributed by atoms with Gasteiger partial charge in [-0.15, -0.1) is 0 Å². The average molecular weight is 527 g/mol. The Labute approximate surface area is 206 Å². The molecule has 1 heterocycles. The SMILES string of the molecule is CC(NC(=O)c1cccc(Br)c1)c1nc2ccccc2n1CCCCOc1ccc(Cl)cc1. The summed E-state index contributed by atoms with van der Waals surface area (Å²) in [7, 11) is 0. The van der Waals surface area contributed by atoms with Crippen LogP contribution < -0.4 is 10.1 Å². The van der Waals surface area contributed by atoms with E-state index in [0.29, 0.717) is 17.2 Å². The fourth-order valence-electron chi connectivity index (χ4n) is 3.73. The first-order valence-corrected chi connectivity index (χ1v) is 12.1. The van der Waals surface area contributed by atoms with Gasteiger partial charge in [0.2, 0.25) is 0 Å². The minimum atomic E-state index is -0.241. The second-order valence-corrected chi connectivity index (χ2v) is 9.18. The molecule has 0 fully saturated rings. The highest BCUT2D eigenvalue weighted by atomic mass is 79.9. The first-order chi connectivity index (χ1) is 16.0. The number of unbranched alkanes of at least 4 members (excludes halogenated alkanes) is 1. The van der Waals surface area contributed by atoms with Crippen molar-refractivity contribution in [3.05, 3.63) is 93.7 Å². The molecule has 0 aliphatic heterocycles. The second kappa shape index (κ2) is 10.9. The van der Waals surface area contributed by atoms with Crippen molar-refractivity contribution in [3.8, 4) is 5.75 Å². The van der Waals surface area contributed by atoms with Crippen molar-refractivity contribution < 1.29 is 9.53 Å². The van der Waals surface area contributed by atoms with E-state index in [0.717, 1.165) is 46.5 Å². The van der Waals surface area contributed by atoms with Crippen LogP contribution in [0.15, 0.2) is 77.3 Å². The third-order valence-electron chi connectivity index (χ3n) is 5.36. The Balaban J connectivity index is 1.42. The first-order valence-electron chi connectivity index (χ1n) is 10.9. The molecule has 170 valence electrons. The first kappa shape index (κ1) is 23.3. The molecule has 0 saturated carbocycles. The Kier molecular flexibility index (Phi) is 7.68. The number of hydrogen-bond acceptors (Lipinski definition) is 3. The number of fused-ring (bicyclic) bond motifs is 1. The van der Waals surface area contributed by atoms with Gasteiger partial charge in [0, 0.05) is 21.6 Å². The van der Waals surface area contributed by atoms with Crippen LogP contribution >= 0.6 is 27.5 Å². The Morgan fingerprint density at radius 2 is 1.88 bits per heavy atom. The molecule has 0 spiro atoms. The summed E-state index contributed by atoms with van der Waals surface area (Å²) < 4.78 is 8.88. The molecule has 33 heavy (non-hydrogen) atoms. The number of amides is 1. The number of aromatic nitrogens is 2. The van der Waals surface area contributed by atoms with Crippen molar-refractivity contribution in [2.75, 3.05) is 6.61 Å². The van der Waals surface area contributed by atoms with Crippen LogP contribution in [0.2, 0.25) is 5.02 Å². The highest BCUT2D eigenvalue weighted by Crippen LogP contribution is 2.23. The van der Waals surface area contributed by atoms with Crippen molar-refractivity contribution in [2.45, 2.75) is 32.4 Å². The third-order valence-corrected chi connectivity index (χ3v) is 6.11. The molecule has 5 nitrogen and oxygen atoms in total. The van der Waals surface area contributed by atoms with E-state index >= 15 is 0 Å². The molecular formula is C26H25BrClN3O2. The van der Waals surface area contributed by atoms with Gasteiger partial charge in [0.15, 0.2) is 0 Å². The van der Waals surface area contributed by atoms with E-state index < -0.39 is 0 Å². The zero-order valence-corrected chi connectivity index (χ0v) is 20.6. The molecule has 0 saturated heterocycles. The van der Waals surface area contributed by atoms with Crippen LogP contribution in [0.4, 0.5) is 0 Å². The zero-order valence-electron chi connectivity index (χ0n) is 18.3. The number of carbonyl (C=O) groups is 1. The summed E-state index contributed by atoms with van der Waals surface area (Å²) in [5.74, 6) is 1.54. The molecule has 1 amide bonds. The number of nitrogens with one attached hydrogen (secondary N) is 1. The lowest BCUT2D eigenvalue weighted by Gasteiger charge is -2.17. The van der Waals surface area contributed by atoms with Gasteiger partial charge >= 0.3 is 0 Å². The van der Waals surface area contributed by atoms with Gasteiger partial charge in [-0.05, 0) is 74.4 Å². The number of halogens is 2. The number of para-hydroxylation sites is 2. The minimum absolute atomic E-state index is 0.126. The van der Waals surface area contributed by atoms with Crippen LogP contribution in [0.25, 0.3) is 11.0 Å². The van der Waals surface area contributed by atoms with E-state index in [2.05, 4.69) is 31.9 Å². The smallest absolute Gasteiger partial charge is 0.251 e. The number of aryl methyl sites for hydroxylation is 1. The summed E-state index contributed by atoms with van der Waals surface area (Å²) in [5.41, 5.74) is 2.60. The molecule has 1 unspecified atom stereocenters. The van der Waals surface area contributed by atoms with Crippen LogP contribution in [-0.2, 0) is 6.54 Å². The van der Waals surface area contributed by atoms with Gasteiger partial charge in [-0.25, -0.2) is 4.98 Å². The van der Waals surface area contributed by atoms with Gasteiger partial charge < -0.3 is 14.6 Å². The molecule has 1 aromatic heterocycles. The monoisotopic (exact) mass is 525 g/mol. The fourth-order valence-corrected chi connectivity index (χ4v) is 4.25. The summed E-state index contributed by atoms with van der Waals surface area (Å²) in [5, 5.41) is 3.79. The predicted molar refractivity (Wildman–Crippen MR) is 136 cm³/mol. The normalized spacial score (nSPS) is 12.0. The Bertz CT molecular complexity index is 1240. The van der Waals surface area contributed by atoms with E-state index in [-0.39, 0.29) is 11.9 Å². The maximum absolute atomic E-state index is 12.8. The molecule has 4 rings (SSSR count). The maximum Gasteiger partial charge on any atom is 0.251 e. The molecule has 7 heteroatoms. The van der Waals surface area contributed by atoms with Crippen molar-refractivity contribution in [1.29, 1.82) is 0 Å². The summed E-state index contributed by atoms with van der Waals surface area (Å²) in [4.78, 5) is 17.6. The van der Waals surface area contributed by atoms with Gasteiger partial charge in [0.1, 0.15) is 11.6 Å². The topological polar surface area (TPSA) is 56.2 Å². The molecule has 0 bridgehead atoms. The molecule has 0 aliphatic rings. The number of carbonyl (C=O) groups excluding carboxylic acids is 1. The standard InChI is InChI=1S/C26H25BrClN3O2/c1-18(29-26(32)19-7-6-8-20(27)17-19)25-30-23-9-2-3-10-24(23)31(25)15-4-5-16-33-22-13-11-21(28)12-14-22/h2-3,6-14,17-18H,4-5,15-16H2,1H3,(H,29,32). The number of nitrogens with zero attached hydrogens (tertiary/aromatic N) is 2. The van der Waals surface area contributed by atoms with Crippen LogP contribution in [0.1, 0.15) is 42.0 Å². The highest BCUT2D eigenvalue weighted by Gasteiger charge is 2.19. The van der Waals surface area contributed by atoms with Gasteiger partial charge in [-0.2, -0.15) is 0 Å². The van der Waals surface area contributed by atoms with Crippen molar-refractivity contribution in [3.63, 3.8) is 0 Å². The van der Waals surface area contributed by atoms with Gasteiger partial charge in [-0.1, -0.05) is 45.7 Å². The van der Waals surface area contributed by atoms with Crippen LogP contribution in [-0.4, -0.2) is 22.1 Å². The lowest BCUT2D eigenvalue weighted by Crippen LogP contribution is -2.28. The van der Waals surface area contributed by atoms with Gasteiger partial charge in [0.05, 0.1) is 23.7 Å². The molecule has 3 aromatic carbocycles.